The third-order valence-electron chi connectivity index (χ3n) is 3.67. The standard InChI is InChI=1S/C17H13N/c1-2-5-12(6-3-1)15-10-9-13-7-4-8-14-11-18-17(15)16(13)14/h1-10,18H,11H2. The molecule has 86 valence electrons. The van der Waals surface area contributed by atoms with Gasteiger partial charge in [-0.15, -0.1) is 0 Å². The third kappa shape index (κ3) is 1.28. The van der Waals surface area contributed by atoms with Crippen molar-refractivity contribution in [3.63, 3.8) is 0 Å². The van der Waals surface area contributed by atoms with Crippen molar-refractivity contribution in [2.75, 3.05) is 5.32 Å². The zero-order valence-corrected chi connectivity index (χ0v) is 9.98. The summed E-state index contributed by atoms with van der Waals surface area (Å²) in [6.45, 7) is 0.941. The second-order valence-electron chi connectivity index (χ2n) is 4.72. The van der Waals surface area contributed by atoms with Gasteiger partial charge in [0.05, 0.1) is 5.69 Å². The summed E-state index contributed by atoms with van der Waals surface area (Å²) < 4.78 is 0. The first-order chi connectivity index (χ1) is 8.93. The van der Waals surface area contributed by atoms with E-state index in [0.717, 1.165) is 6.54 Å². The number of anilines is 1. The summed E-state index contributed by atoms with van der Waals surface area (Å²) in [5.41, 5.74) is 5.27. The summed E-state index contributed by atoms with van der Waals surface area (Å²) in [4.78, 5) is 0. The van der Waals surface area contributed by atoms with Gasteiger partial charge in [-0.1, -0.05) is 60.7 Å². The predicted octanol–water partition coefficient (Wildman–Crippen LogP) is 4.43. The Balaban J connectivity index is 2.07. The summed E-state index contributed by atoms with van der Waals surface area (Å²) >= 11 is 0. The lowest BCUT2D eigenvalue weighted by atomic mass is 9.98. The Morgan fingerprint density at radius 2 is 1.67 bits per heavy atom. The highest BCUT2D eigenvalue weighted by Crippen LogP contribution is 2.40. The number of benzene rings is 3. The Labute approximate surface area is 106 Å². The molecular formula is C17H13N. The summed E-state index contributed by atoms with van der Waals surface area (Å²) in [6.07, 6.45) is 0. The Hall–Kier alpha value is -2.28. The first kappa shape index (κ1) is 9.72. The molecule has 1 N–H and O–H groups in total. The van der Waals surface area contributed by atoms with E-state index in [9.17, 15) is 0 Å². The Morgan fingerprint density at radius 3 is 2.56 bits per heavy atom. The predicted molar refractivity (Wildman–Crippen MR) is 76.7 cm³/mol. The van der Waals surface area contributed by atoms with E-state index in [0.29, 0.717) is 0 Å². The van der Waals surface area contributed by atoms with Crippen LogP contribution in [0.15, 0.2) is 60.7 Å². The molecule has 0 unspecified atom stereocenters. The lowest BCUT2D eigenvalue weighted by molar-refractivity contribution is 1.22. The molecule has 1 nitrogen and oxygen atoms in total. The van der Waals surface area contributed by atoms with E-state index < -0.39 is 0 Å². The fourth-order valence-electron chi connectivity index (χ4n) is 2.83. The molecule has 1 heteroatoms. The molecule has 0 fully saturated rings. The van der Waals surface area contributed by atoms with E-state index in [-0.39, 0.29) is 0 Å². The Bertz CT molecular complexity index is 729. The van der Waals surface area contributed by atoms with Gasteiger partial charge in [0.2, 0.25) is 0 Å². The van der Waals surface area contributed by atoms with Crippen LogP contribution in [0.1, 0.15) is 5.56 Å². The van der Waals surface area contributed by atoms with Crippen molar-refractivity contribution in [2.24, 2.45) is 0 Å². The van der Waals surface area contributed by atoms with Crippen molar-refractivity contribution >= 4 is 16.5 Å². The topological polar surface area (TPSA) is 12.0 Å². The van der Waals surface area contributed by atoms with Gasteiger partial charge in [-0.3, -0.25) is 0 Å². The van der Waals surface area contributed by atoms with Crippen molar-refractivity contribution < 1.29 is 0 Å². The fraction of sp³-hybridized carbons (Fsp3) is 0.0588. The first-order valence-electron chi connectivity index (χ1n) is 6.27. The van der Waals surface area contributed by atoms with E-state index in [1.165, 1.54) is 33.2 Å². The zero-order valence-electron chi connectivity index (χ0n) is 9.98. The summed E-state index contributed by atoms with van der Waals surface area (Å²) in [5, 5.41) is 6.25. The normalized spacial score (nSPS) is 12.7. The van der Waals surface area contributed by atoms with Crippen molar-refractivity contribution in [1.29, 1.82) is 0 Å². The maximum absolute atomic E-state index is 3.54. The highest BCUT2D eigenvalue weighted by atomic mass is 14.9. The lowest BCUT2D eigenvalue weighted by Gasteiger charge is -2.09. The Morgan fingerprint density at radius 1 is 0.778 bits per heavy atom. The molecule has 0 aliphatic carbocycles. The number of hydrogen-bond acceptors (Lipinski definition) is 1. The molecule has 3 aromatic rings. The molecule has 0 spiro atoms. The van der Waals surface area contributed by atoms with Crippen molar-refractivity contribution in [1.82, 2.24) is 0 Å². The average Bonchev–Trinajstić information content (AvgIpc) is 2.87. The molecule has 0 saturated heterocycles. The van der Waals surface area contributed by atoms with Crippen LogP contribution in [0.3, 0.4) is 0 Å². The second-order valence-corrected chi connectivity index (χ2v) is 4.72. The molecular weight excluding hydrogens is 218 g/mol. The molecule has 0 bridgehead atoms. The van der Waals surface area contributed by atoms with Crippen LogP contribution in [0.25, 0.3) is 21.9 Å². The molecule has 0 aromatic heterocycles. The molecule has 0 radical (unpaired) electrons. The van der Waals surface area contributed by atoms with E-state index in [2.05, 4.69) is 66.0 Å². The SMILES string of the molecule is c1ccc(-c2ccc3cccc4c3c2NC4)cc1. The molecule has 3 aromatic carbocycles. The van der Waals surface area contributed by atoms with Crippen LogP contribution in [0.4, 0.5) is 5.69 Å². The van der Waals surface area contributed by atoms with Gasteiger partial charge in [0, 0.05) is 17.5 Å². The molecule has 0 amide bonds. The summed E-state index contributed by atoms with van der Waals surface area (Å²) in [7, 11) is 0. The highest BCUT2D eigenvalue weighted by molar-refractivity contribution is 6.05. The first-order valence-corrected chi connectivity index (χ1v) is 6.27. The maximum atomic E-state index is 3.54. The van der Waals surface area contributed by atoms with Crippen LogP contribution in [-0.4, -0.2) is 0 Å². The van der Waals surface area contributed by atoms with Gasteiger partial charge in [-0.25, -0.2) is 0 Å². The Kier molecular flexibility index (Phi) is 1.95. The minimum Gasteiger partial charge on any atom is -0.380 e. The molecule has 1 heterocycles. The van der Waals surface area contributed by atoms with Crippen LogP contribution in [0, 0.1) is 0 Å². The molecule has 18 heavy (non-hydrogen) atoms. The van der Waals surface area contributed by atoms with E-state index in [4.69, 9.17) is 0 Å². The van der Waals surface area contributed by atoms with Crippen LogP contribution < -0.4 is 5.32 Å². The number of nitrogens with one attached hydrogen (secondary N) is 1. The molecule has 1 aliphatic rings. The monoisotopic (exact) mass is 231 g/mol. The summed E-state index contributed by atoms with van der Waals surface area (Å²) in [6, 6.07) is 21.5. The summed E-state index contributed by atoms with van der Waals surface area (Å²) in [5.74, 6) is 0. The van der Waals surface area contributed by atoms with Crippen LogP contribution in [0.2, 0.25) is 0 Å². The molecule has 4 rings (SSSR count). The third-order valence-corrected chi connectivity index (χ3v) is 3.67. The van der Waals surface area contributed by atoms with Crippen molar-refractivity contribution in [3.8, 4) is 11.1 Å². The van der Waals surface area contributed by atoms with Gasteiger partial charge in [-0.2, -0.15) is 0 Å². The van der Waals surface area contributed by atoms with Crippen molar-refractivity contribution in [3.05, 3.63) is 66.2 Å². The van der Waals surface area contributed by atoms with Crippen LogP contribution >= 0.6 is 0 Å². The fourth-order valence-corrected chi connectivity index (χ4v) is 2.83. The van der Waals surface area contributed by atoms with E-state index in [1.54, 1.807) is 0 Å². The smallest absolute Gasteiger partial charge is 0.0505 e. The van der Waals surface area contributed by atoms with Gasteiger partial charge in [-0.05, 0) is 16.5 Å². The lowest BCUT2D eigenvalue weighted by Crippen LogP contribution is -1.91. The van der Waals surface area contributed by atoms with Gasteiger partial charge in [0.15, 0.2) is 0 Å². The highest BCUT2D eigenvalue weighted by Gasteiger charge is 2.17. The number of hydrogen-bond donors (Lipinski definition) is 1. The molecule has 0 atom stereocenters. The molecule has 1 aliphatic heterocycles. The minimum atomic E-state index is 0.941. The molecule has 0 saturated carbocycles. The van der Waals surface area contributed by atoms with E-state index >= 15 is 0 Å². The van der Waals surface area contributed by atoms with E-state index in [1.807, 2.05) is 0 Å². The van der Waals surface area contributed by atoms with Gasteiger partial charge in [0.25, 0.3) is 0 Å². The quantitative estimate of drug-likeness (QED) is 0.653. The average molecular weight is 231 g/mol. The zero-order chi connectivity index (χ0) is 11.9. The van der Waals surface area contributed by atoms with Crippen LogP contribution in [0.5, 0.6) is 0 Å². The number of rotatable bonds is 1. The second kappa shape index (κ2) is 3.61. The van der Waals surface area contributed by atoms with Gasteiger partial charge in [0.1, 0.15) is 0 Å². The van der Waals surface area contributed by atoms with Gasteiger partial charge < -0.3 is 5.32 Å². The van der Waals surface area contributed by atoms with Crippen molar-refractivity contribution in [2.45, 2.75) is 6.54 Å². The maximum Gasteiger partial charge on any atom is 0.0505 e. The largest absolute Gasteiger partial charge is 0.380 e. The minimum absolute atomic E-state index is 0.941. The van der Waals surface area contributed by atoms with Gasteiger partial charge >= 0.3 is 0 Å². The van der Waals surface area contributed by atoms with Crippen LogP contribution in [-0.2, 0) is 6.54 Å².